The fourth-order valence-electron chi connectivity index (χ4n) is 3.80. The molecule has 4 aromatic rings. The molecule has 0 aliphatic heterocycles. The van der Waals surface area contributed by atoms with E-state index in [1.54, 1.807) is 0 Å². The van der Waals surface area contributed by atoms with Gasteiger partial charge < -0.3 is 4.74 Å². The summed E-state index contributed by atoms with van der Waals surface area (Å²) in [7, 11) is 0. The lowest BCUT2D eigenvalue weighted by atomic mass is 9.98. The molecule has 0 radical (unpaired) electrons. The van der Waals surface area contributed by atoms with Gasteiger partial charge >= 0.3 is 6.01 Å². The molecule has 0 unspecified atom stereocenters. The van der Waals surface area contributed by atoms with Gasteiger partial charge in [0.1, 0.15) is 5.82 Å². The van der Waals surface area contributed by atoms with Crippen molar-refractivity contribution in [2.24, 2.45) is 0 Å². The Morgan fingerprint density at radius 3 is 2.45 bits per heavy atom. The molecule has 4 rings (SSSR count). The number of nitrogens with zero attached hydrogens (tertiary/aromatic N) is 6. The zero-order valence-corrected chi connectivity index (χ0v) is 19.4. The molecule has 0 saturated heterocycles. The summed E-state index contributed by atoms with van der Waals surface area (Å²) in [6.45, 7) is 5.81. The highest BCUT2D eigenvalue weighted by molar-refractivity contribution is 5.80. The maximum atomic E-state index is 5.71. The van der Waals surface area contributed by atoms with Gasteiger partial charge in [0.2, 0.25) is 0 Å². The number of hydrogen-bond donors (Lipinski definition) is 1. The van der Waals surface area contributed by atoms with E-state index in [9.17, 15) is 0 Å². The summed E-state index contributed by atoms with van der Waals surface area (Å²) in [5.41, 5.74) is 4.34. The van der Waals surface area contributed by atoms with Gasteiger partial charge in [0.25, 0.3) is 0 Å². The first-order valence-electron chi connectivity index (χ1n) is 11.8. The van der Waals surface area contributed by atoms with Crippen molar-refractivity contribution in [3.8, 4) is 28.5 Å². The minimum atomic E-state index is 0.480. The van der Waals surface area contributed by atoms with Gasteiger partial charge in [-0.15, -0.1) is 10.2 Å². The van der Waals surface area contributed by atoms with Crippen molar-refractivity contribution in [3.63, 3.8) is 0 Å². The van der Waals surface area contributed by atoms with Gasteiger partial charge in [-0.3, -0.25) is 0 Å². The maximum absolute atomic E-state index is 5.71. The molecular formula is C25H31N7O. The molecule has 0 fully saturated rings. The number of benzene rings is 2. The second-order valence-corrected chi connectivity index (χ2v) is 8.11. The Kier molecular flexibility index (Phi) is 7.79. The van der Waals surface area contributed by atoms with Gasteiger partial charge in [-0.05, 0) is 40.0 Å². The molecule has 0 aliphatic carbocycles. The number of aryl methyl sites for hydroxylation is 1. The second-order valence-electron chi connectivity index (χ2n) is 8.11. The average molecular weight is 446 g/mol. The molecule has 0 saturated carbocycles. The van der Waals surface area contributed by atoms with Crippen LogP contribution in [-0.2, 0) is 13.0 Å². The van der Waals surface area contributed by atoms with Crippen LogP contribution in [0.3, 0.4) is 0 Å². The third kappa shape index (κ3) is 5.83. The van der Waals surface area contributed by atoms with Crippen molar-refractivity contribution in [1.29, 1.82) is 0 Å². The van der Waals surface area contributed by atoms with Crippen molar-refractivity contribution >= 4 is 0 Å². The molecule has 0 spiro atoms. The molecule has 0 aliphatic rings. The normalized spacial score (nSPS) is 11.1. The van der Waals surface area contributed by atoms with Crippen LogP contribution in [0.15, 0.2) is 48.5 Å². The van der Waals surface area contributed by atoms with E-state index >= 15 is 0 Å². The fourth-order valence-corrected chi connectivity index (χ4v) is 3.80. The minimum Gasteiger partial charge on any atom is -0.462 e. The molecular weight excluding hydrogens is 414 g/mol. The Morgan fingerprint density at radius 1 is 0.909 bits per heavy atom. The Labute approximate surface area is 194 Å². The topological polar surface area (TPSA) is 94.4 Å². The first kappa shape index (κ1) is 22.6. The van der Waals surface area contributed by atoms with E-state index in [1.165, 1.54) is 24.8 Å². The Hall–Kier alpha value is -3.55. The van der Waals surface area contributed by atoms with Gasteiger partial charge in [0, 0.05) is 18.5 Å². The van der Waals surface area contributed by atoms with E-state index in [0.717, 1.165) is 41.9 Å². The first-order chi connectivity index (χ1) is 16.3. The molecule has 8 heteroatoms. The Morgan fingerprint density at radius 2 is 1.73 bits per heavy atom. The average Bonchev–Trinajstić information content (AvgIpc) is 3.52. The van der Waals surface area contributed by atoms with Gasteiger partial charge in [-0.1, -0.05) is 81.6 Å². The van der Waals surface area contributed by atoms with Crippen molar-refractivity contribution in [1.82, 2.24) is 35.4 Å². The van der Waals surface area contributed by atoms with E-state index in [4.69, 9.17) is 4.74 Å². The van der Waals surface area contributed by atoms with Crippen LogP contribution in [0, 0.1) is 0 Å². The maximum Gasteiger partial charge on any atom is 0.335 e. The lowest BCUT2D eigenvalue weighted by molar-refractivity contribution is 0.290. The minimum absolute atomic E-state index is 0.480. The van der Waals surface area contributed by atoms with Crippen molar-refractivity contribution < 1.29 is 4.74 Å². The molecule has 1 N–H and O–H groups in total. The van der Waals surface area contributed by atoms with Crippen LogP contribution in [0.1, 0.15) is 57.3 Å². The standard InChI is InChI=1S/C25H31N7O/c1-3-5-6-9-16-32-23(26-25(29-32)33-17-4-2)18-19-12-14-20(15-13-19)21-10-7-8-11-22(21)24-27-30-31-28-24/h7-8,10-15H,3-6,9,16-18H2,1-2H3,(H,27,28,30,31). The summed E-state index contributed by atoms with van der Waals surface area (Å²) >= 11 is 0. The van der Waals surface area contributed by atoms with Crippen LogP contribution >= 0.6 is 0 Å². The highest BCUT2D eigenvalue weighted by Gasteiger charge is 2.13. The Balaban J connectivity index is 1.52. The molecule has 0 atom stereocenters. The molecule has 172 valence electrons. The first-order valence-corrected chi connectivity index (χ1v) is 11.8. The number of H-pyrrole nitrogens is 1. The zero-order chi connectivity index (χ0) is 22.9. The number of tetrazole rings is 1. The highest BCUT2D eigenvalue weighted by Crippen LogP contribution is 2.30. The van der Waals surface area contributed by atoms with Gasteiger partial charge in [0.15, 0.2) is 5.82 Å². The zero-order valence-electron chi connectivity index (χ0n) is 19.4. The van der Waals surface area contributed by atoms with E-state index in [1.807, 2.05) is 22.9 Å². The highest BCUT2D eigenvalue weighted by atomic mass is 16.5. The summed E-state index contributed by atoms with van der Waals surface area (Å²) in [5.74, 6) is 1.60. The molecule has 33 heavy (non-hydrogen) atoms. The number of aromatic nitrogens is 7. The van der Waals surface area contributed by atoms with Crippen LogP contribution < -0.4 is 4.74 Å². The van der Waals surface area contributed by atoms with Gasteiger partial charge in [-0.2, -0.15) is 4.98 Å². The van der Waals surface area contributed by atoms with Crippen LogP contribution in [0.2, 0.25) is 0 Å². The molecule has 0 bridgehead atoms. The fraction of sp³-hybridized carbons (Fsp3) is 0.400. The van der Waals surface area contributed by atoms with Crippen LogP contribution in [0.25, 0.3) is 22.5 Å². The predicted molar refractivity (Wildman–Crippen MR) is 128 cm³/mol. The summed E-state index contributed by atoms with van der Waals surface area (Å²) in [5, 5.41) is 18.9. The van der Waals surface area contributed by atoms with E-state index in [-0.39, 0.29) is 0 Å². The van der Waals surface area contributed by atoms with E-state index in [2.05, 4.69) is 74.9 Å². The van der Waals surface area contributed by atoms with Crippen molar-refractivity contribution in [2.45, 2.75) is 58.9 Å². The molecule has 2 aromatic carbocycles. The second kappa shape index (κ2) is 11.4. The SMILES string of the molecule is CCCCCCn1nc(OCCC)nc1Cc1ccc(-c2ccccc2-c2nnn[nH]2)cc1. The Bertz CT molecular complexity index is 1120. The number of rotatable bonds is 12. The monoisotopic (exact) mass is 445 g/mol. The van der Waals surface area contributed by atoms with Gasteiger partial charge in [0.05, 0.1) is 6.61 Å². The van der Waals surface area contributed by atoms with Crippen LogP contribution in [0.4, 0.5) is 0 Å². The molecule has 0 amide bonds. The summed E-state index contributed by atoms with van der Waals surface area (Å²) < 4.78 is 7.72. The van der Waals surface area contributed by atoms with Gasteiger partial charge in [-0.25, -0.2) is 9.78 Å². The van der Waals surface area contributed by atoms with Crippen LogP contribution in [-0.4, -0.2) is 42.0 Å². The summed E-state index contributed by atoms with van der Waals surface area (Å²) in [6, 6.07) is 17.1. The third-order valence-corrected chi connectivity index (χ3v) is 5.54. The smallest absolute Gasteiger partial charge is 0.335 e. The number of hydrogen-bond acceptors (Lipinski definition) is 6. The lowest BCUT2D eigenvalue weighted by Gasteiger charge is -2.09. The molecule has 8 nitrogen and oxygen atoms in total. The van der Waals surface area contributed by atoms with E-state index in [0.29, 0.717) is 24.9 Å². The number of nitrogens with one attached hydrogen (secondary N) is 1. The van der Waals surface area contributed by atoms with Crippen molar-refractivity contribution in [3.05, 3.63) is 59.9 Å². The van der Waals surface area contributed by atoms with Crippen molar-refractivity contribution in [2.75, 3.05) is 6.61 Å². The number of unbranched alkanes of at least 4 members (excludes halogenated alkanes) is 3. The predicted octanol–water partition coefficient (Wildman–Crippen LogP) is 5.09. The molecule has 2 aromatic heterocycles. The largest absolute Gasteiger partial charge is 0.462 e. The number of ether oxygens (including phenoxy) is 1. The lowest BCUT2D eigenvalue weighted by Crippen LogP contribution is -2.07. The summed E-state index contributed by atoms with van der Waals surface area (Å²) in [6.07, 6.45) is 6.42. The summed E-state index contributed by atoms with van der Waals surface area (Å²) in [4.78, 5) is 4.67. The quantitative estimate of drug-likeness (QED) is 0.305. The van der Waals surface area contributed by atoms with E-state index < -0.39 is 0 Å². The molecule has 2 heterocycles. The number of aromatic amines is 1. The third-order valence-electron chi connectivity index (χ3n) is 5.54. The van der Waals surface area contributed by atoms with Crippen LogP contribution in [0.5, 0.6) is 6.01 Å².